The van der Waals surface area contributed by atoms with Crippen LogP contribution < -0.4 is 15.2 Å². The molecule has 0 heterocycles. The second-order valence-corrected chi connectivity index (χ2v) is 15.6. The normalized spacial score (nSPS) is 13.5. The van der Waals surface area contributed by atoms with Crippen LogP contribution in [0.15, 0.2) is 54.6 Å². The Morgan fingerprint density at radius 1 is 0.404 bits per heavy atom. The van der Waals surface area contributed by atoms with Gasteiger partial charge in [0, 0.05) is 19.6 Å². The fraction of sp³-hybridized carbons (Fsp3) is 0.500. The molecule has 3 aromatic rings. The van der Waals surface area contributed by atoms with E-state index >= 15 is 0 Å². The molecule has 0 aliphatic heterocycles. The number of nitrogens with zero attached hydrogens (tertiary/aromatic N) is 4. The Morgan fingerprint density at radius 2 is 0.615 bits per heavy atom. The van der Waals surface area contributed by atoms with Crippen LogP contribution in [0.5, 0.6) is 0 Å². The van der Waals surface area contributed by atoms with Gasteiger partial charge in [0.05, 0.1) is 50.4 Å². The van der Waals surface area contributed by atoms with Crippen LogP contribution in [0, 0.1) is 0 Å². The molecular formula is C36H45F9N4O3. The van der Waals surface area contributed by atoms with E-state index in [9.17, 15) is 55.1 Å². The van der Waals surface area contributed by atoms with Gasteiger partial charge in [0.1, 0.15) is 0 Å². The summed E-state index contributed by atoms with van der Waals surface area (Å²) in [6.07, 6.45) is -14.4. The first-order chi connectivity index (χ1) is 23.3. The number of halogens is 9. The Hall–Kier alpha value is -3.73. The molecule has 3 aromatic carbocycles. The molecular weight excluding hydrogens is 707 g/mol. The zero-order chi connectivity index (χ0) is 40.0. The third kappa shape index (κ3) is 10.4. The SMILES string of the molecule is CC(C)(C)N(O)c1cc(C(F)(F)F)ccc1CN(Cc1ccc(C(F)(F)F)cc1N(O)C(C)(C)C)Cc1ccc(C(F)(F)F)cc1N(O)C(C)(C)C. The number of benzene rings is 3. The van der Waals surface area contributed by atoms with Crippen LogP contribution in [0.2, 0.25) is 0 Å². The molecule has 0 fully saturated rings. The molecule has 0 aliphatic carbocycles. The molecule has 3 N–H and O–H groups in total. The zero-order valence-corrected chi connectivity index (χ0v) is 30.3. The molecule has 52 heavy (non-hydrogen) atoms. The monoisotopic (exact) mass is 752 g/mol. The lowest BCUT2D eigenvalue weighted by Gasteiger charge is -2.36. The van der Waals surface area contributed by atoms with Gasteiger partial charge < -0.3 is 0 Å². The fourth-order valence-corrected chi connectivity index (χ4v) is 5.19. The van der Waals surface area contributed by atoms with Crippen LogP contribution in [0.1, 0.15) is 95.7 Å². The van der Waals surface area contributed by atoms with E-state index in [0.717, 1.165) is 54.6 Å². The van der Waals surface area contributed by atoms with Gasteiger partial charge in [-0.1, -0.05) is 18.2 Å². The van der Waals surface area contributed by atoms with Crippen molar-refractivity contribution in [3.63, 3.8) is 0 Å². The van der Waals surface area contributed by atoms with E-state index in [-0.39, 0.29) is 53.4 Å². The summed E-state index contributed by atoms with van der Waals surface area (Å²) in [5.74, 6) is 0. The molecule has 0 unspecified atom stereocenters. The maximum absolute atomic E-state index is 13.8. The van der Waals surface area contributed by atoms with Crippen molar-refractivity contribution in [3.8, 4) is 0 Å². The van der Waals surface area contributed by atoms with Crippen molar-refractivity contribution in [2.24, 2.45) is 0 Å². The summed E-state index contributed by atoms with van der Waals surface area (Å²) >= 11 is 0. The largest absolute Gasteiger partial charge is 0.416 e. The van der Waals surface area contributed by atoms with Crippen LogP contribution in [0.3, 0.4) is 0 Å². The summed E-state index contributed by atoms with van der Waals surface area (Å²) < 4.78 is 125. The van der Waals surface area contributed by atoms with E-state index in [2.05, 4.69) is 0 Å². The Bertz CT molecular complexity index is 1510. The molecule has 0 saturated carbocycles. The standard InChI is InChI=1S/C36H45F9N4O3/c1-31(2,3)47(50)28-16-25(34(37,38)39)13-10-22(28)19-46(20-23-11-14-26(35(40,41)42)17-29(23)48(51)32(4,5)6)21-24-12-15-27(36(43,44)45)18-30(24)49(52)33(7,8)9/h10-18,50-52H,19-21H2,1-9H3. The average Bonchev–Trinajstić information content (AvgIpc) is 2.97. The van der Waals surface area contributed by atoms with E-state index < -0.39 is 51.8 Å². The lowest BCUT2D eigenvalue weighted by atomic mass is 10.00. The van der Waals surface area contributed by atoms with Gasteiger partial charge in [0.2, 0.25) is 0 Å². The topological polar surface area (TPSA) is 73.7 Å². The Kier molecular flexibility index (Phi) is 12.0. The molecule has 3 rings (SSSR count). The van der Waals surface area contributed by atoms with Crippen molar-refractivity contribution >= 4 is 17.1 Å². The second-order valence-electron chi connectivity index (χ2n) is 15.6. The van der Waals surface area contributed by atoms with E-state index in [1.165, 1.54) is 4.90 Å². The summed E-state index contributed by atoms with van der Waals surface area (Å²) in [7, 11) is 0. The summed E-state index contributed by atoms with van der Waals surface area (Å²) in [5.41, 5.74) is -6.91. The predicted octanol–water partition coefficient (Wildman–Crippen LogP) is 10.9. The maximum atomic E-state index is 13.8. The molecule has 16 heteroatoms. The zero-order valence-electron chi connectivity index (χ0n) is 30.3. The van der Waals surface area contributed by atoms with Gasteiger partial charge in [0.25, 0.3) is 0 Å². The molecule has 0 radical (unpaired) electrons. The van der Waals surface area contributed by atoms with Crippen molar-refractivity contribution in [3.05, 3.63) is 88.0 Å². The average molecular weight is 753 g/mol. The lowest BCUT2D eigenvalue weighted by molar-refractivity contribution is -0.138. The van der Waals surface area contributed by atoms with E-state index in [1.54, 1.807) is 62.3 Å². The van der Waals surface area contributed by atoms with E-state index in [0.29, 0.717) is 15.2 Å². The van der Waals surface area contributed by atoms with Gasteiger partial charge in [0.15, 0.2) is 0 Å². The predicted molar refractivity (Wildman–Crippen MR) is 179 cm³/mol. The minimum Gasteiger partial charge on any atom is -0.290 e. The van der Waals surface area contributed by atoms with Gasteiger partial charge in [-0.3, -0.25) is 35.7 Å². The first kappa shape index (κ1) is 42.7. The number of hydroxylamine groups is 3. The quantitative estimate of drug-likeness (QED) is 0.148. The van der Waals surface area contributed by atoms with Crippen molar-refractivity contribution < 1.29 is 55.1 Å². The highest BCUT2D eigenvalue weighted by Crippen LogP contribution is 2.40. The highest BCUT2D eigenvalue weighted by molar-refractivity contribution is 5.59. The van der Waals surface area contributed by atoms with E-state index in [4.69, 9.17) is 0 Å². The van der Waals surface area contributed by atoms with Crippen LogP contribution in [0.4, 0.5) is 56.6 Å². The maximum Gasteiger partial charge on any atom is 0.416 e. The Labute approximate surface area is 297 Å². The third-order valence-electron chi connectivity index (χ3n) is 8.01. The number of rotatable bonds is 9. The molecule has 0 amide bonds. The summed E-state index contributed by atoms with van der Waals surface area (Å²) in [5, 5.41) is 35.2. The first-order valence-corrected chi connectivity index (χ1v) is 16.1. The fourth-order valence-electron chi connectivity index (χ4n) is 5.19. The smallest absolute Gasteiger partial charge is 0.290 e. The van der Waals surface area contributed by atoms with Crippen molar-refractivity contribution in [1.82, 2.24) is 4.90 Å². The Morgan fingerprint density at radius 3 is 0.788 bits per heavy atom. The van der Waals surface area contributed by atoms with Crippen LogP contribution in [-0.2, 0) is 38.2 Å². The summed E-state index contributed by atoms with van der Waals surface area (Å²) in [6, 6.07) is 8.01. The summed E-state index contributed by atoms with van der Waals surface area (Å²) in [4.78, 5) is 1.51. The molecule has 0 saturated heterocycles. The molecule has 7 nitrogen and oxygen atoms in total. The van der Waals surface area contributed by atoms with Crippen molar-refractivity contribution in [1.29, 1.82) is 0 Å². The number of alkyl halides is 9. The number of hydrogen-bond donors (Lipinski definition) is 3. The Balaban J connectivity index is 2.33. The molecule has 290 valence electrons. The highest BCUT2D eigenvalue weighted by atomic mass is 19.4. The van der Waals surface area contributed by atoms with Gasteiger partial charge >= 0.3 is 18.5 Å². The molecule has 0 aliphatic rings. The van der Waals surface area contributed by atoms with Gasteiger partial charge in [-0.2, -0.15) is 39.5 Å². The molecule has 0 spiro atoms. The van der Waals surface area contributed by atoms with E-state index in [1.807, 2.05) is 0 Å². The summed E-state index contributed by atoms with van der Waals surface area (Å²) in [6.45, 7) is 13.0. The second kappa shape index (κ2) is 14.6. The van der Waals surface area contributed by atoms with Crippen molar-refractivity contribution in [2.75, 3.05) is 15.2 Å². The molecule has 0 aromatic heterocycles. The van der Waals surface area contributed by atoms with Crippen LogP contribution in [0.25, 0.3) is 0 Å². The van der Waals surface area contributed by atoms with Gasteiger partial charge in [-0.15, -0.1) is 0 Å². The first-order valence-electron chi connectivity index (χ1n) is 16.1. The van der Waals surface area contributed by atoms with Crippen molar-refractivity contribution in [2.45, 2.75) is 117 Å². The number of anilines is 3. The molecule has 0 atom stereocenters. The van der Waals surface area contributed by atoms with Gasteiger partial charge in [-0.25, -0.2) is 0 Å². The lowest BCUT2D eigenvalue weighted by Crippen LogP contribution is -2.41. The van der Waals surface area contributed by atoms with Crippen LogP contribution >= 0.6 is 0 Å². The minimum absolute atomic E-state index is 0.126. The highest BCUT2D eigenvalue weighted by Gasteiger charge is 2.36. The molecule has 0 bridgehead atoms. The third-order valence-corrected chi connectivity index (χ3v) is 8.01. The number of hydrogen-bond acceptors (Lipinski definition) is 7. The van der Waals surface area contributed by atoms with Crippen LogP contribution in [-0.4, -0.2) is 37.1 Å². The van der Waals surface area contributed by atoms with Gasteiger partial charge in [-0.05, 0) is 115 Å². The minimum atomic E-state index is -4.79.